The smallest absolute Gasteiger partial charge is 0.00262 e. The summed E-state index contributed by atoms with van der Waals surface area (Å²) in [5.41, 5.74) is 12.4. The van der Waals surface area contributed by atoms with Crippen LogP contribution < -0.4 is 0 Å². The Morgan fingerprint density at radius 3 is 1.15 bits per heavy atom. The lowest BCUT2D eigenvalue weighted by atomic mass is 9.85. The molecule has 0 heterocycles. The van der Waals surface area contributed by atoms with Crippen LogP contribution in [0, 0.1) is 0 Å². The van der Waals surface area contributed by atoms with Crippen molar-refractivity contribution in [1.82, 2.24) is 0 Å². The second-order valence-electron chi connectivity index (χ2n) is 13.7. The molecule has 0 atom stereocenters. The van der Waals surface area contributed by atoms with Gasteiger partial charge >= 0.3 is 0 Å². The molecule has 0 fully saturated rings. The van der Waals surface area contributed by atoms with Gasteiger partial charge in [-0.15, -0.1) is 0 Å². The van der Waals surface area contributed by atoms with Crippen LogP contribution in [0.1, 0.15) is 0 Å². The minimum Gasteiger partial charge on any atom is -0.0622 e. The summed E-state index contributed by atoms with van der Waals surface area (Å²) < 4.78 is 0. The number of fused-ring (bicyclic) bond motifs is 4. The zero-order chi connectivity index (χ0) is 34.4. The first-order chi connectivity index (χ1) is 25.8. The highest BCUT2D eigenvalue weighted by molar-refractivity contribution is 6.21. The molecule has 0 heteroatoms. The van der Waals surface area contributed by atoms with Crippen LogP contribution in [0.25, 0.3) is 98.7 Å². The predicted molar refractivity (Wildman–Crippen MR) is 224 cm³/mol. The van der Waals surface area contributed by atoms with Gasteiger partial charge in [0.25, 0.3) is 0 Å². The monoisotopic (exact) mass is 658 g/mol. The van der Waals surface area contributed by atoms with Crippen molar-refractivity contribution in [3.8, 4) is 55.6 Å². The zero-order valence-corrected chi connectivity index (χ0v) is 28.6. The van der Waals surface area contributed by atoms with E-state index in [-0.39, 0.29) is 0 Å². The zero-order valence-electron chi connectivity index (χ0n) is 28.6. The Labute approximate surface area is 303 Å². The van der Waals surface area contributed by atoms with Crippen molar-refractivity contribution < 1.29 is 0 Å². The van der Waals surface area contributed by atoms with E-state index in [0.29, 0.717) is 0 Å². The van der Waals surface area contributed by atoms with Crippen molar-refractivity contribution in [3.05, 3.63) is 206 Å². The molecule has 0 spiro atoms. The fraction of sp³-hybridized carbons (Fsp3) is 0. The SMILES string of the molecule is c1ccc(-c2cccc(-c3ccc4cc(-c5ccc(-c6c7ccccc7c(-c7ccc8ccccc8c7)c7ccccc67)cc5)ccc4c3)c2)cc1. The van der Waals surface area contributed by atoms with Crippen LogP contribution >= 0.6 is 0 Å². The lowest BCUT2D eigenvalue weighted by Gasteiger charge is -2.18. The van der Waals surface area contributed by atoms with Crippen molar-refractivity contribution in [2.45, 2.75) is 0 Å². The van der Waals surface area contributed by atoms with Crippen molar-refractivity contribution in [1.29, 1.82) is 0 Å². The van der Waals surface area contributed by atoms with Crippen LogP contribution in [-0.4, -0.2) is 0 Å². The second-order valence-corrected chi connectivity index (χ2v) is 13.7. The lowest BCUT2D eigenvalue weighted by Crippen LogP contribution is -1.91. The average Bonchev–Trinajstić information content (AvgIpc) is 3.22. The quantitative estimate of drug-likeness (QED) is 0.161. The predicted octanol–water partition coefficient (Wildman–Crippen LogP) is 14.6. The van der Waals surface area contributed by atoms with E-state index < -0.39 is 0 Å². The second kappa shape index (κ2) is 12.5. The van der Waals surface area contributed by atoms with Gasteiger partial charge in [0.1, 0.15) is 0 Å². The molecule has 10 aromatic carbocycles. The topological polar surface area (TPSA) is 0 Å². The molecule has 0 aliphatic heterocycles. The van der Waals surface area contributed by atoms with Gasteiger partial charge in [0.15, 0.2) is 0 Å². The molecule has 10 aromatic rings. The van der Waals surface area contributed by atoms with Crippen molar-refractivity contribution in [2.75, 3.05) is 0 Å². The number of benzene rings is 10. The summed E-state index contributed by atoms with van der Waals surface area (Å²) in [5, 5.41) is 10.1. The molecular weight excluding hydrogens is 625 g/mol. The molecule has 242 valence electrons. The van der Waals surface area contributed by atoms with E-state index in [4.69, 9.17) is 0 Å². The van der Waals surface area contributed by atoms with Gasteiger partial charge in [-0.2, -0.15) is 0 Å². The first-order valence-corrected chi connectivity index (χ1v) is 18.0. The summed E-state index contributed by atoms with van der Waals surface area (Å²) in [6, 6.07) is 75.5. The van der Waals surface area contributed by atoms with Crippen LogP contribution in [0.3, 0.4) is 0 Å². The van der Waals surface area contributed by atoms with Crippen LogP contribution in [0.15, 0.2) is 206 Å². The van der Waals surface area contributed by atoms with Crippen molar-refractivity contribution >= 4 is 43.1 Å². The first kappa shape index (κ1) is 30.1. The molecule has 0 aromatic heterocycles. The van der Waals surface area contributed by atoms with Gasteiger partial charge in [0.2, 0.25) is 0 Å². The lowest BCUT2D eigenvalue weighted by molar-refractivity contribution is 1.59. The van der Waals surface area contributed by atoms with Gasteiger partial charge in [0, 0.05) is 0 Å². The Hall–Kier alpha value is -6.76. The largest absolute Gasteiger partial charge is 0.0622 e. The van der Waals surface area contributed by atoms with E-state index in [0.717, 1.165) is 0 Å². The Balaban J connectivity index is 1.02. The highest BCUT2D eigenvalue weighted by atomic mass is 14.2. The molecule has 0 saturated heterocycles. The fourth-order valence-corrected chi connectivity index (χ4v) is 8.04. The fourth-order valence-electron chi connectivity index (χ4n) is 8.04. The minimum absolute atomic E-state index is 1.21. The molecule has 0 unspecified atom stereocenters. The van der Waals surface area contributed by atoms with Gasteiger partial charge in [-0.1, -0.05) is 182 Å². The average molecular weight is 659 g/mol. The van der Waals surface area contributed by atoms with Crippen LogP contribution in [0.5, 0.6) is 0 Å². The summed E-state index contributed by atoms with van der Waals surface area (Å²) in [5.74, 6) is 0. The molecular formula is C52H34. The summed E-state index contributed by atoms with van der Waals surface area (Å²) in [4.78, 5) is 0. The standard InChI is InChI=1S/C52H34/c1-2-11-35(12-3-1)40-15-10-16-41(31-40)43-28-29-44-32-42(26-27-45(44)33-43)37-21-24-38(25-22-37)51-47-17-6-8-19-49(47)52(50-20-9-7-18-48(50)51)46-30-23-36-13-4-5-14-39(36)34-46/h1-34H. The highest BCUT2D eigenvalue weighted by Gasteiger charge is 2.17. The maximum absolute atomic E-state index is 2.34. The van der Waals surface area contributed by atoms with E-state index in [1.807, 2.05) is 0 Å². The number of hydrogen-bond acceptors (Lipinski definition) is 0. The number of hydrogen-bond donors (Lipinski definition) is 0. The van der Waals surface area contributed by atoms with Crippen molar-refractivity contribution in [3.63, 3.8) is 0 Å². The molecule has 0 aliphatic rings. The molecule has 0 radical (unpaired) electrons. The highest BCUT2D eigenvalue weighted by Crippen LogP contribution is 2.44. The summed E-state index contributed by atoms with van der Waals surface area (Å²) in [6.45, 7) is 0. The van der Waals surface area contributed by atoms with E-state index in [2.05, 4.69) is 206 Å². The van der Waals surface area contributed by atoms with Gasteiger partial charge in [0.05, 0.1) is 0 Å². The number of rotatable bonds is 5. The maximum atomic E-state index is 2.34. The van der Waals surface area contributed by atoms with Crippen LogP contribution in [0.4, 0.5) is 0 Å². The third-order valence-electron chi connectivity index (χ3n) is 10.6. The van der Waals surface area contributed by atoms with E-state index in [9.17, 15) is 0 Å². The maximum Gasteiger partial charge on any atom is -0.00262 e. The molecule has 10 rings (SSSR count). The van der Waals surface area contributed by atoms with Crippen LogP contribution in [-0.2, 0) is 0 Å². The van der Waals surface area contributed by atoms with Crippen LogP contribution in [0.2, 0.25) is 0 Å². The molecule has 52 heavy (non-hydrogen) atoms. The Bertz CT molecular complexity index is 2880. The Morgan fingerprint density at radius 1 is 0.173 bits per heavy atom. The summed E-state index contributed by atoms with van der Waals surface area (Å²) in [7, 11) is 0. The van der Waals surface area contributed by atoms with E-state index in [1.165, 1.54) is 98.7 Å². The molecule has 0 bridgehead atoms. The van der Waals surface area contributed by atoms with Gasteiger partial charge < -0.3 is 0 Å². The molecule has 0 saturated carbocycles. The minimum atomic E-state index is 1.21. The van der Waals surface area contributed by atoms with E-state index >= 15 is 0 Å². The van der Waals surface area contributed by atoms with Gasteiger partial charge in [-0.25, -0.2) is 0 Å². The molecule has 0 amide bonds. The molecule has 0 nitrogen and oxygen atoms in total. The molecule has 0 aliphatic carbocycles. The van der Waals surface area contributed by atoms with Gasteiger partial charge in [-0.3, -0.25) is 0 Å². The summed E-state index contributed by atoms with van der Waals surface area (Å²) in [6.07, 6.45) is 0. The third-order valence-corrected chi connectivity index (χ3v) is 10.6. The Morgan fingerprint density at radius 2 is 0.519 bits per heavy atom. The summed E-state index contributed by atoms with van der Waals surface area (Å²) >= 11 is 0. The third kappa shape index (κ3) is 5.25. The molecule has 0 N–H and O–H groups in total. The normalized spacial score (nSPS) is 11.5. The first-order valence-electron chi connectivity index (χ1n) is 18.0. The van der Waals surface area contributed by atoms with E-state index in [1.54, 1.807) is 0 Å². The van der Waals surface area contributed by atoms with Crippen molar-refractivity contribution in [2.24, 2.45) is 0 Å². The Kier molecular flexibility index (Phi) is 7.25. The van der Waals surface area contributed by atoms with Gasteiger partial charge in [-0.05, 0) is 123 Å².